The van der Waals surface area contributed by atoms with Crippen LogP contribution in [0.4, 0.5) is 0 Å². The Bertz CT molecular complexity index is 1860. The van der Waals surface area contributed by atoms with Gasteiger partial charge < -0.3 is 44.9 Å². The highest BCUT2D eigenvalue weighted by molar-refractivity contribution is 9.10. The summed E-state index contributed by atoms with van der Waals surface area (Å²) >= 11 is 3.45. The smallest absolute Gasteiger partial charge is 0.272 e. The van der Waals surface area contributed by atoms with Gasteiger partial charge in [0.2, 0.25) is 11.8 Å². The van der Waals surface area contributed by atoms with Gasteiger partial charge in [0, 0.05) is 40.3 Å². The van der Waals surface area contributed by atoms with E-state index < -0.39 is 22.9 Å². The molecular formula is C41H67BrN10O5. The minimum absolute atomic E-state index is 0. The molecule has 0 fully saturated rings. The lowest BCUT2D eigenvalue weighted by atomic mass is 9.86. The van der Waals surface area contributed by atoms with E-state index in [0.29, 0.717) is 40.8 Å². The summed E-state index contributed by atoms with van der Waals surface area (Å²) in [4.78, 5) is 64.4. The van der Waals surface area contributed by atoms with Gasteiger partial charge in [0.05, 0.1) is 24.1 Å². The average molecular weight is 860 g/mol. The summed E-state index contributed by atoms with van der Waals surface area (Å²) in [5, 5.41) is 11.0. The van der Waals surface area contributed by atoms with E-state index in [1.54, 1.807) is 21.2 Å². The van der Waals surface area contributed by atoms with Crippen LogP contribution >= 0.6 is 15.9 Å². The predicted molar refractivity (Wildman–Crippen MR) is 229 cm³/mol. The third-order valence-corrected chi connectivity index (χ3v) is 10.5. The quantitative estimate of drug-likeness (QED) is 0.246. The number of imidazole rings is 2. The monoisotopic (exact) mass is 858 g/mol. The molecule has 0 saturated heterocycles. The number of hydrogen-bond acceptors (Lipinski definition) is 9. The van der Waals surface area contributed by atoms with Crippen molar-refractivity contribution in [3.63, 3.8) is 0 Å². The fraction of sp³-hybridized carbons (Fsp3) is 0.610. The van der Waals surface area contributed by atoms with Crippen molar-refractivity contribution in [2.24, 2.45) is 10.8 Å². The molecule has 4 amide bonds. The Balaban J connectivity index is 0.000000392. The number of methoxy groups -OCH3 is 1. The van der Waals surface area contributed by atoms with Crippen LogP contribution in [-0.2, 0) is 35.8 Å². The van der Waals surface area contributed by atoms with Crippen LogP contribution in [0.5, 0.6) is 5.75 Å². The number of para-hydroxylation sites is 1. The summed E-state index contributed by atoms with van der Waals surface area (Å²) in [7, 11) is 8.84. The first-order chi connectivity index (χ1) is 25.8. The Kier molecular flexibility index (Phi) is 17.5. The largest absolute Gasteiger partial charge is 0.496 e. The molecule has 57 heavy (non-hydrogen) atoms. The van der Waals surface area contributed by atoms with E-state index in [1.807, 2.05) is 84.5 Å². The third-order valence-electron chi connectivity index (χ3n) is 9.86. The fourth-order valence-corrected chi connectivity index (χ4v) is 7.40. The highest BCUT2D eigenvalue weighted by Gasteiger charge is 2.36. The lowest BCUT2D eigenvalue weighted by Crippen LogP contribution is -2.53. The number of rotatable bonds is 8. The van der Waals surface area contributed by atoms with Crippen LogP contribution in [0.15, 0.2) is 29.0 Å². The highest BCUT2D eigenvalue weighted by Crippen LogP contribution is 2.33. The van der Waals surface area contributed by atoms with E-state index in [0.717, 1.165) is 56.0 Å². The molecule has 16 heteroatoms. The maximum Gasteiger partial charge on any atom is 0.272 e. The van der Waals surface area contributed by atoms with E-state index >= 15 is 0 Å². The van der Waals surface area contributed by atoms with Crippen LogP contribution < -0.4 is 26.0 Å². The molecule has 5 rings (SSSR count). The average Bonchev–Trinajstić information content (AvgIpc) is 3.45. The molecule has 0 radical (unpaired) electrons. The summed E-state index contributed by atoms with van der Waals surface area (Å²) in [5.74, 6) is 0.315. The number of amides is 4. The van der Waals surface area contributed by atoms with Gasteiger partial charge in [-0.25, -0.2) is 9.97 Å². The Hall–Kier alpha value is -4.28. The van der Waals surface area contributed by atoms with Crippen molar-refractivity contribution in [3.8, 4) is 17.1 Å². The van der Waals surface area contributed by atoms with Crippen molar-refractivity contribution in [2.75, 3.05) is 48.4 Å². The minimum atomic E-state index is -0.680. The molecule has 318 valence electrons. The van der Waals surface area contributed by atoms with Crippen LogP contribution in [0, 0.1) is 10.8 Å². The maximum atomic E-state index is 13.4. The highest BCUT2D eigenvalue weighted by atomic mass is 79.9. The van der Waals surface area contributed by atoms with Gasteiger partial charge in [0.25, 0.3) is 11.8 Å². The number of nitrogens with zero attached hydrogens (tertiary/aromatic N) is 6. The number of hydrogen-bond donors (Lipinski definition) is 4. The number of halogens is 1. The second-order valence-electron chi connectivity index (χ2n) is 16.4. The fourth-order valence-electron chi connectivity index (χ4n) is 6.84. The SMILES string of the molecule is C.C.CNC(=O)[C@@H](NC(=O)c1nc(-c2ccccc2OC)n2c1CN(C)CCC2)C(C)(C)C.CNC(=O)[C@@H](NC(=O)c1nc(Br)n2c1CN(C)CCC2)C(C)(C)C. The first-order valence-electron chi connectivity index (χ1n) is 18.7. The van der Waals surface area contributed by atoms with Crippen molar-refractivity contribution in [3.05, 3.63) is 51.8 Å². The number of likely N-dealkylation sites (N-methyl/N-ethyl adjacent to an activating group) is 2. The number of aromatic nitrogens is 4. The summed E-state index contributed by atoms with van der Waals surface area (Å²) in [6, 6.07) is 6.38. The Morgan fingerprint density at radius 1 is 0.719 bits per heavy atom. The Labute approximate surface area is 348 Å². The first kappa shape index (κ1) is 48.9. The molecule has 1 aromatic carbocycles. The van der Waals surface area contributed by atoms with E-state index in [9.17, 15) is 19.2 Å². The lowest BCUT2D eigenvalue weighted by Gasteiger charge is -2.29. The molecule has 3 aromatic rings. The third kappa shape index (κ3) is 11.7. The normalized spacial score (nSPS) is 15.6. The van der Waals surface area contributed by atoms with Gasteiger partial charge in [-0.1, -0.05) is 68.5 Å². The Morgan fingerprint density at radius 2 is 1.16 bits per heavy atom. The summed E-state index contributed by atoms with van der Waals surface area (Å²) in [6.45, 7) is 16.3. The first-order valence-corrected chi connectivity index (χ1v) is 19.5. The van der Waals surface area contributed by atoms with Gasteiger partial charge in [-0.05, 0) is 78.9 Å². The second-order valence-corrected chi connectivity index (χ2v) is 17.1. The standard InChI is InChI=1S/C23H33N5O3.C16H26BrN5O2.2CH4/c1-23(2,3)19(22(30)24-4)26-21(29)18-16-14-27(5)12-9-13-28(16)20(25-18)15-10-7-8-11-17(15)31-6;1-16(2,3)12(14(24)18-4)20-13(23)11-10-9-21(5)7-6-8-22(10)15(17)19-11;;/h7-8,10-11,19H,9,12-14H2,1-6H3,(H,24,30)(H,26,29);12H,6-9H2,1-5H3,(H,18,24)(H,20,23);2*1H4/t19-;12-;;/m11../s1. The molecule has 4 heterocycles. The molecule has 0 bridgehead atoms. The van der Waals surface area contributed by atoms with Crippen molar-refractivity contribution in [1.29, 1.82) is 0 Å². The summed E-state index contributed by atoms with van der Waals surface area (Å²) in [5.41, 5.74) is 2.46. The van der Waals surface area contributed by atoms with Crippen molar-refractivity contribution in [2.45, 2.75) is 108 Å². The second kappa shape index (κ2) is 20.4. The molecule has 0 spiro atoms. The number of nitrogens with one attached hydrogen (secondary N) is 4. The molecule has 0 unspecified atom stereocenters. The molecule has 0 aliphatic carbocycles. The van der Waals surface area contributed by atoms with Crippen LogP contribution in [-0.4, -0.2) is 113 Å². The molecule has 15 nitrogen and oxygen atoms in total. The van der Waals surface area contributed by atoms with Gasteiger partial charge in [0.1, 0.15) is 23.7 Å². The lowest BCUT2D eigenvalue weighted by molar-refractivity contribution is -0.125. The van der Waals surface area contributed by atoms with Crippen molar-refractivity contribution in [1.82, 2.24) is 50.2 Å². The zero-order valence-electron chi connectivity index (χ0n) is 34.2. The predicted octanol–water partition coefficient (Wildman–Crippen LogP) is 4.93. The van der Waals surface area contributed by atoms with Crippen LogP contribution in [0.25, 0.3) is 11.4 Å². The zero-order valence-corrected chi connectivity index (χ0v) is 35.8. The topological polar surface area (TPSA) is 168 Å². The molecular weight excluding hydrogens is 792 g/mol. The summed E-state index contributed by atoms with van der Waals surface area (Å²) < 4.78 is 10.4. The number of carbonyl (C=O) groups is 4. The van der Waals surface area contributed by atoms with E-state index in [4.69, 9.17) is 9.72 Å². The molecule has 2 aliphatic rings. The Morgan fingerprint density at radius 3 is 1.61 bits per heavy atom. The van der Waals surface area contributed by atoms with Gasteiger partial charge in [-0.3, -0.25) is 19.2 Å². The molecule has 2 aliphatic heterocycles. The number of ether oxygens (including phenoxy) is 1. The van der Waals surface area contributed by atoms with Crippen molar-refractivity contribution >= 4 is 39.6 Å². The van der Waals surface area contributed by atoms with Crippen LogP contribution in [0.1, 0.15) is 102 Å². The van der Waals surface area contributed by atoms with Crippen LogP contribution in [0.3, 0.4) is 0 Å². The van der Waals surface area contributed by atoms with Gasteiger partial charge in [-0.2, -0.15) is 0 Å². The number of benzene rings is 1. The molecule has 4 N–H and O–H groups in total. The van der Waals surface area contributed by atoms with Crippen molar-refractivity contribution < 1.29 is 23.9 Å². The minimum Gasteiger partial charge on any atom is -0.496 e. The number of carbonyl (C=O) groups excluding carboxylic acids is 4. The van der Waals surface area contributed by atoms with E-state index in [1.165, 1.54) is 0 Å². The molecule has 2 atom stereocenters. The maximum absolute atomic E-state index is 13.4. The zero-order chi connectivity index (χ0) is 40.8. The van der Waals surface area contributed by atoms with Gasteiger partial charge in [0.15, 0.2) is 16.1 Å². The summed E-state index contributed by atoms with van der Waals surface area (Å²) in [6.07, 6.45) is 1.95. The van der Waals surface area contributed by atoms with Gasteiger partial charge in [-0.15, -0.1) is 0 Å². The van der Waals surface area contributed by atoms with Crippen LogP contribution in [0.2, 0.25) is 0 Å². The molecule has 0 saturated carbocycles. The van der Waals surface area contributed by atoms with Gasteiger partial charge >= 0.3 is 0 Å². The van der Waals surface area contributed by atoms with E-state index in [-0.39, 0.29) is 38.5 Å². The molecule has 2 aromatic heterocycles. The number of fused-ring (bicyclic) bond motifs is 2. The van der Waals surface area contributed by atoms with E-state index in [2.05, 4.69) is 56.5 Å².